The molecule has 1 aliphatic heterocycles. The summed E-state index contributed by atoms with van der Waals surface area (Å²) >= 11 is 0. The highest BCUT2D eigenvalue weighted by Gasteiger charge is 2.25. The molecule has 2 aromatic rings. The molecule has 1 aromatic carbocycles. The van der Waals surface area contributed by atoms with Crippen LogP contribution in [0, 0.1) is 6.92 Å². The third kappa shape index (κ3) is 5.35. The number of cyclic esters (lactones) is 1. The molecular formula is C21H24N4O5S. The van der Waals surface area contributed by atoms with Gasteiger partial charge in [-0.15, -0.1) is 0 Å². The Labute approximate surface area is 180 Å². The molecule has 1 atom stereocenters. The molecule has 4 N–H and O–H groups in total. The number of hydrogen-bond donors (Lipinski definition) is 3. The number of sulfone groups is 1. The van der Waals surface area contributed by atoms with Gasteiger partial charge in [-0.1, -0.05) is 6.07 Å². The van der Waals surface area contributed by atoms with Crippen LogP contribution in [-0.2, 0) is 21.2 Å². The Morgan fingerprint density at radius 2 is 2.16 bits per heavy atom. The van der Waals surface area contributed by atoms with Gasteiger partial charge in [-0.2, -0.15) is 0 Å². The molecule has 31 heavy (non-hydrogen) atoms. The van der Waals surface area contributed by atoms with E-state index in [0.717, 1.165) is 22.9 Å². The molecule has 0 aliphatic carbocycles. The number of aliphatic hydroxyl groups is 1. The number of hydrogen-bond acceptors (Lipinski definition) is 9. The molecule has 0 saturated heterocycles. The highest BCUT2D eigenvalue weighted by atomic mass is 32.2. The number of fused-ring (bicyclic) bond motifs is 1. The Balaban J connectivity index is 1.57. The fourth-order valence-corrected chi connectivity index (χ4v) is 3.72. The van der Waals surface area contributed by atoms with Crippen LogP contribution in [0.4, 0.5) is 5.69 Å². The minimum Gasteiger partial charge on any atom is -0.457 e. The summed E-state index contributed by atoms with van der Waals surface area (Å²) in [7, 11) is -3.36. The smallest absolute Gasteiger partial charge is 0.338 e. The molecule has 0 radical (unpaired) electrons. The summed E-state index contributed by atoms with van der Waals surface area (Å²) in [4.78, 5) is 19.8. The van der Waals surface area contributed by atoms with E-state index in [1.54, 1.807) is 24.4 Å². The minimum atomic E-state index is -3.36. The summed E-state index contributed by atoms with van der Waals surface area (Å²) in [5.41, 5.74) is 9.74. The number of pyridine rings is 1. The van der Waals surface area contributed by atoms with Crippen molar-refractivity contribution < 1.29 is 23.1 Å². The SMILES string of the molecule is Cc1c([C@@H](O)CNCC(C=Nc2ccc(S(C)(=O)=O)nc2)=CN)ccc2c1COC2=O. The summed E-state index contributed by atoms with van der Waals surface area (Å²) in [6, 6.07) is 6.36. The standard InChI is InChI=1S/C21H24N4O5S/c1-13-16(4-5-17-18(13)12-30-21(17)27)19(26)11-23-8-14(7-22)9-24-15-3-6-20(25-10-15)31(2,28)29/h3-7,9-10,19,23,26H,8,11-12,22H2,1-2H3/t19-/m0/s1. The molecule has 2 heterocycles. The average molecular weight is 445 g/mol. The van der Waals surface area contributed by atoms with Crippen molar-refractivity contribution in [1.82, 2.24) is 10.3 Å². The van der Waals surface area contributed by atoms with E-state index in [-0.39, 0.29) is 24.1 Å². The molecule has 164 valence electrons. The van der Waals surface area contributed by atoms with Crippen molar-refractivity contribution in [3.05, 3.63) is 64.5 Å². The highest BCUT2D eigenvalue weighted by molar-refractivity contribution is 7.90. The molecule has 0 saturated carbocycles. The predicted octanol–water partition coefficient (Wildman–Crippen LogP) is 1.33. The lowest BCUT2D eigenvalue weighted by atomic mass is 9.95. The van der Waals surface area contributed by atoms with Crippen molar-refractivity contribution in [1.29, 1.82) is 0 Å². The first kappa shape index (κ1) is 22.6. The molecular weight excluding hydrogens is 420 g/mol. The number of aliphatic hydroxyl groups excluding tert-OH is 1. The van der Waals surface area contributed by atoms with Gasteiger partial charge in [-0.3, -0.25) is 4.99 Å². The number of carbonyl (C=O) groups excluding carboxylic acids is 1. The molecule has 0 spiro atoms. The van der Waals surface area contributed by atoms with E-state index in [9.17, 15) is 18.3 Å². The van der Waals surface area contributed by atoms with Gasteiger partial charge in [0.05, 0.1) is 23.6 Å². The van der Waals surface area contributed by atoms with Gasteiger partial charge in [0.25, 0.3) is 0 Å². The number of nitrogens with zero attached hydrogens (tertiary/aromatic N) is 2. The molecule has 0 amide bonds. The number of nitrogens with two attached hydrogens (primary N) is 1. The van der Waals surface area contributed by atoms with Gasteiger partial charge in [-0.05, 0) is 48.0 Å². The van der Waals surface area contributed by atoms with Gasteiger partial charge in [0.15, 0.2) is 14.9 Å². The quantitative estimate of drug-likeness (QED) is 0.409. The number of rotatable bonds is 8. The summed E-state index contributed by atoms with van der Waals surface area (Å²) in [5, 5.41) is 13.7. The fraction of sp³-hybridized carbons (Fsp3) is 0.286. The first-order chi connectivity index (χ1) is 14.7. The van der Waals surface area contributed by atoms with E-state index in [2.05, 4.69) is 15.3 Å². The van der Waals surface area contributed by atoms with E-state index in [0.29, 0.717) is 23.4 Å². The Morgan fingerprint density at radius 3 is 2.81 bits per heavy atom. The van der Waals surface area contributed by atoms with Crippen LogP contribution in [0.3, 0.4) is 0 Å². The summed E-state index contributed by atoms with van der Waals surface area (Å²) in [6.45, 7) is 2.71. The lowest BCUT2D eigenvalue weighted by Crippen LogP contribution is -2.25. The number of carbonyl (C=O) groups is 1. The lowest BCUT2D eigenvalue weighted by molar-refractivity contribution is 0.0535. The van der Waals surface area contributed by atoms with Crippen molar-refractivity contribution in [2.45, 2.75) is 24.7 Å². The molecule has 0 fully saturated rings. The number of benzene rings is 1. The third-order valence-corrected chi connectivity index (χ3v) is 5.93. The minimum absolute atomic E-state index is 0.0190. The number of esters is 1. The van der Waals surface area contributed by atoms with E-state index in [4.69, 9.17) is 10.5 Å². The van der Waals surface area contributed by atoms with Crippen LogP contribution in [-0.4, -0.2) is 50.0 Å². The molecule has 10 heteroatoms. The lowest BCUT2D eigenvalue weighted by Gasteiger charge is -2.16. The van der Waals surface area contributed by atoms with Crippen LogP contribution >= 0.6 is 0 Å². The zero-order valence-electron chi connectivity index (χ0n) is 17.2. The van der Waals surface area contributed by atoms with Crippen molar-refractivity contribution in [2.75, 3.05) is 19.3 Å². The maximum atomic E-state index is 11.6. The first-order valence-corrected chi connectivity index (χ1v) is 11.4. The normalized spacial score (nSPS) is 15.2. The van der Waals surface area contributed by atoms with Crippen LogP contribution in [0.2, 0.25) is 0 Å². The zero-order chi connectivity index (χ0) is 22.6. The second-order valence-corrected chi connectivity index (χ2v) is 9.12. The topological polar surface area (TPSA) is 144 Å². The largest absolute Gasteiger partial charge is 0.457 e. The predicted molar refractivity (Wildman–Crippen MR) is 116 cm³/mol. The van der Waals surface area contributed by atoms with Crippen molar-refractivity contribution in [3.63, 3.8) is 0 Å². The second-order valence-electron chi connectivity index (χ2n) is 7.16. The van der Waals surface area contributed by atoms with Crippen LogP contribution in [0.15, 0.2) is 52.3 Å². The van der Waals surface area contributed by atoms with Crippen molar-refractivity contribution >= 4 is 27.7 Å². The van der Waals surface area contributed by atoms with Crippen LogP contribution in [0.5, 0.6) is 0 Å². The fourth-order valence-electron chi connectivity index (χ4n) is 3.17. The number of aliphatic imine (C=N–C) groups is 1. The summed E-state index contributed by atoms with van der Waals surface area (Å²) in [6.07, 6.45) is 4.61. The van der Waals surface area contributed by atoms with Gasteiger partial charge in [0.1, 0.15) is 6.61 Å². The Hall–Kier alpha value is -3.08. The van der Waals surface area contributed by atoms with Gasteiger partial charge < -0.3 is 20.9 Å². The Morgan fingerprint density at radius 1 is 1.39 bits per heavy atom. The van der Waals surface area contributed by atoms with Gasteiger partial charge in [0.2, 0.25) is 0 Å². The molecule has 1 aliphatic rings. The van der Waals surface area contributed by atoms with Crippen LogP contribution in [0.1, 0.15) is 33.2 Å². The first-order valence-electron chi connectivity index (χ1n) is 9.50. The number of aromatic nitrogens is 1. The molecule has 1 aromatic heterocycles. The number of nitrogens with one attached hydrogen (secondary N) is 1. The van der Waals surface area contributed by atoms with Crippen molar-refractivity contribution in [3.8, 4) is 0 Å². The molecule has 9 nitrogen and oxygen atoms in total. The molecule has 3 rings (SSSR count). The summed E-state index contributed by atoms with van der Waals surface area (Å²) < 4.78 is 27.9. The zero-order valence-corrected chi connectivity index (χ0v) is 18.0. The molecule has 0 bridgehead atoms. The maximum absolute atomic E-state index is 11.6. The monoisotopic (exact) mass is 444 g/mol. The Bertz CT molecular complexity index is 1140. The summed E-state index contributed by atoms with van der Waals surface area (Å²) in [5.74, 6) is -0.338. The van der Waals surface area contributed by atoms with E-state index in [1.807, 2.05) is 6.92 Å². The highest BCUT2D eigenvalue weighted by Crippen LogP contribution is 2.28. The van der Waals surface area contributed by atoms with Crippen LogP contribution < -0.4 is 11.1 Å². The van der Waals surface area contributed by atoms with Crippen molar-refractivity contribution in [2.24, 2.45) is 10.7 Å². The van der Waals surface area contributed by atoms with Gasteiger partial charge >= 0.3 is 5.97 Å². The van der Waals surface area contributed by atoms with E-state index in [1.165, 1.54) is 18.5 Å². The Kier molecular flexibility index (Phi) is 6.84. The van der Waals surface area contributed by atoms with Gasteiger partial charge in [0, 0.05) is 31.1 Å². The molecule has 0 unspecified atom stereocenters. The van der Waals surface area contributed by atoms with Gasteiger partial charge in [-0.25, -0.2) is 18.2 Å². The second kappa shape index (κ2) is 9.38. The average Bonchev–Trinajstić information content (AvgIpc) is 3.12. The van der Waals surface area contributed by atoms with E-state index < -0.39 is 15.9 Å². The maximum Gasteiger partial charge on any atom is 0.338 e. The third-order valence-electron chi connectivity index (χ3n) is 4.93. The van der Waals surface area contributed by atoms with E-state index >= 15 is 0 Å². The van der Waals surface area contributed by atoms with Crippen LogP contribution in [0.25, 0.3) is 0 Å². The number of ether oxygens (including phenoxy) is 1.